The second kappa shape index (κ2) is 5.52. The molecule has 23 heavy (non-hydrogen) atoms. The number of nitrogens with one attached hydrogen (secondary N) is 1. The van der Waals surface area contributed by atoms with Gasteiger partial charge < -0.3 is 4.98 Å². The molecule has 8 heteroatoms. The molecule has 126 valence electrons. The van der Waals surface area contributed by atoms with Gasteiger partial charge in [-0.05, 0) is 42.5 Å². The number of rotatable bonds is 2. The molecule has 0 unspecified atom stereocenters. The zero-order chi connectivity index (χ0) is 16.8. The molecule has 0 aliphatic carbocycles. The first-order valence-electron chi connectivity index (χ1n) is 7.29. The Hall–Kier alpha value is -1.54. The fourth-order valence-electron chi connectivity index (χ4n) is 3.15. The van der Waals surface area contributed by atoms with Crippen molar-refractivity contribution >= 4 is 20.9 Å². The van der Waals surface area contributed by atoms with Gasteiger partial charge >= 0.3 is 6.18 Å². The molecule has 0 amide bonds. The average Bonchev–Trinajstić information content (AvgIpc) is 2.88. The molecule has 0 saturated carbocycles. The molecule has 0 radical (unpaired) electrons. The van der Waals surface area contributed by atoms with Gasteiger partial charge in [0.1, 0.15) is 0 Å². The number of alkyl halides is 3. The SMILES string of the molecule is CS(=O)(=O)N1CCC(c2c[nH]c3ccc(C(F)(F)F)cc23)CC1. The van der Waals surface area contributed by atoms with Crippen molar-refractivity contribution < 1.29 is 21.6 Å². The quantitative estimate of drug-likeness (QED) is 0.907. The standard InChI is InChI=1S/C15H17F3N2O2S/c1-23(21,22)20-6-4-10(5-7-20)13-9-19-14-3-2-11(8-12(13)14)15(16,17)18/h2-3,8-10,19H,4-7H2,1H3. The molecule has 4 nitrogen and oxygen atoms in total. The van der Waals surface area contributed by atoms with Crippen LogP contribution in [0.15, 0.2) is 24.4 Å². The molecule has 2 heterocycles. The van der Waals surface area contributed by atoms with Crippen LogP contribution >= 0.6 is 0 Å². The molecule has 0 spiro atoms. The summed E-state index contributed by atoms with van der Waals surface area (Å²) in [5.74, 6) is 0.0604. The number of aromatic nitrogens is 1. The third-order valence-corrected chi connectivity index (χ3v) is 5.71. The molecule has 1 saturated heterocycles. The highest BCUT2D eigenvalue weighted by Gasteiger charge is 2.32. The van der Waals surface area contributed by atoms with Crippen molar-refractivity contribution in [2.24, 2.45) is 0 Å². The Kier molecular flexibility index (Phi) is 3.92. The number of H-pyrrole nitrogens is 1. The number of hydrogen-bond acceptors (Lipinski definition) is 2. The minimum Gasteiger partial charge on any atom is -0.361 e. The van der Waals surface area contributed by atoms with Crippen LogP contribution in [0.4, 0.5) is 13.2 Å². The predicted molar refractivity (Wildman–Crippen MR) is 81.7 cm³/mol. The highest BCUT2D eigenvalue weighted by Crippen LogP contribution is 2.37. The van der Waals surface area contributed by atoms with Gasteiger partial charge in [-0.25, -0.2) is 12.7 Å². The highest BCUT2D eigenvalue weighted by atomic mass is 32.2. The van der Waals surface area contributed by atoms with Gasteiger partial charge in [0.2, 0.25) is 10.0 Å². The third-order valence-electron chi connectivity index (χ3n) is 4.40. The Morgan fingerprint density at radius 3 is 2.43 bits per heavy atom. The van der Waals surface area contributed by atoms with Gasteiger partial charge in [-0.2, -0.15) is 13.2 Å². The topological polar surface area (TPSA) is 53.2 Å². The summed E-state index contributed by atoms with van der Waals surface area (Å²) in [6, 6.07) is 3.67. The molecule has 2 aromatic rings. The second-order valence-electron chi connectivity index (χ2n) is 5.94. The number of piperidine rings is 1. The van der Waals surface area contributed by atoms with Gasteiger partial charge in [-0.3, -0.25) is 0 Å². The number of aromatic amines is 1. The Bertz CT molecular complexity index is 819. The van der Waals surface area contributed by atoms with Crippen molar-refractivity contribution in [1.82, 2.24) is 9.29 Å². The normalized spacial score (nSPS) is 18.6. The number of benzene rings is 1. The minimum atomic E-state index is -4.37. The van der Waals surface area contributed by atoms with Crippen LogP contribution in [0.2, 0.25) is 0 Å². The van der Waals surface area contributed by atoms with Crippen molar-refractivity contribution in [3.8, 4) is 0 Å². The molecular formula is C15H17F3N2O2S. The Labute approximate surface area is 132 Å². The summed E-state index contributed by atoms with van der Waals surface area (Å²) in [6.07, 6.45) is -0.241. The van der Waals surface area contributed by atoms with E-state index in [1.165, 1.54) is 22.7 Å². The lowest BCUT2D eigenvalue weighted by molar-refractivity contribution is -0.137. The number of halogens is 3. The van der Waals surface area contributed by atoms with Crippen molar-refractivity contribution in [3.05, 3.63) is 35.5 Å². The first-order valence-corrected chi connectivity index (χ1v) is 9.14. The fraction of sp³-hybridized carbons (Fsp3) is 0.467. The van der Waals surface area contributed by atoms with E-state index in [1.54, 1.807) is 6.20 Å². The molecule has 3 rings (SSSR count). The number of hydrogen-bond donors (Lipinski definition) is 1. The number of fused-ring (bicyclic) bond motifs is 1. The van der Waals surface area contributed by atoms with Gasteiger partial charge in [0, 0.05) is 30.2 Å². The molecule has 1 N–H and O–H groups in total. The van der Waals surface area contributed by atoms with Crippen LogP contribution in [0.5, 0.6) is 0 Å². The molecule has 0 bridgehead atoms. The smallest absolute Gasteiger partial charge is 0.361 e. The van der Waals surface area contributed by atoms with Crippen LogP contribution in [0.3, 0.4) is 0 Å². The average molecular weight is 346 g/mol. The highest BCUT2D eigenvalue weighted by molar-refractivity contribution is 7.88. The van der Waals surface area contributed by atoms with Crippen LogP contribution in [-0.2, 0) is 16.2 Å². The monoisotopic (exact) mass is 346 g/mol. The summed E-state index contributed by atoms with van der Waals surface area (Å²) in [6.45, 7) is 0.796. The summed E-state index contributed by atoms with van der Waals surface area (Å²) < 4.78 is 63.2. The lowest BCUT2D eigenvalue weighted by Crippen LogP contribution is -2.37. The van der Waals surface area contributed by atoms with E-state index in [9.17, 15) is 21.6 Å². The van der Waals surface area contributed by atoms with Gasteiger partial charge in [0.15, 0.2) is 0 Å². The van der Waals surface area contributed by atoms with E-state index in [0.717, 1.165) is 11.6 Å². The van der Waals surface area contributed by atoms with E-state index < -0.39 is 21.8 Å². The summed E-state index contributed by atoms with van der Waals surface area (Å²) in [7, 11) is -3.21. The van der Waals surface area contributed by atoms with Crippen molar-refractivity contribution in [2.45, 2.75) is 24.9 Å². The number of nitrogens with zero attached hydrogens (tertiary/aromatic N) is 1. The minimum absolute atomic E-state index is 0.0604. The van der Waals surface area contributed by atoms with Gasteiger partial charge in [0.05, 0.1) is 11.8 Å². The van der Waals surface area contributed by atoms with Crippen LogP contribution in [0, 0.1) is 0 Å². The summed E-state index contributed by atoms with van der Waals surface area (Å²) >= 11 is 0. The molecule has 1 aliphatic rings. The van der Waals surface area contributed by atoms with E-state index in [0.29, 0.717) is 36.8 Å². The molecule has 1 aromatic carbocycles. The second-order valence-corrected chi connectivity index (χ2v) is 7.92. The van der Waals surface area contributed by atoms with Gasteiger partial charge in [0.25, 0.3) is 0 Å². The van der Waals surface area contributed by atoms with Crippen molar-refractivity contribution in [3.63, 3.8) is 0 Å². The van der Waals surface area contributed by atoms with Crippen molar-refractivity contribution in [2.75, 3.05) is 19.3 Å². The maximum atomic E-state index is 12.9. The van der Waals surface area contributed by atoms with Gasteiger partial charge in [-0.1, -0.05) is 0 Å². The zero-order valence-electron chi connectivity index (χ0n) is 12.5. The maximum absolute atomic E-state index is 12.9. The Morgan fingerprint density at radius 2 is 1.87 bits per heavy atom. The van der Waals surface area contributed by atoms with E-state index in [2.05, 4.69) is 4.98 Å². The van der Waals surface area contributed by atoms with Gasteiger partial charge in [-0.15, -0.1) is 0 Å². The van der Waals surface area contributed by atoms with Crippen LogP contribution in [0.1, 0.15) is 29.9 Å². The molecule has 0 atom stereocenters. The summed E-state index contributed by atoms with van der Waals surface area (Å²) in [5, 5.41) is 0.567. The Balaban J connectivity index is 1.89. The molecular weight excluding hydrogens is 329 g/mol. The molecule has 1 aliphatic heterocycles. The fourth-order valence-corrected chi connectivity index (χ4v) is 4.03. The maximum Gasteiger partial charge on any atom is 0.416 e. The molecule has 1 fully saturated rings. The Morgan fingerprint density at radius 1 is 1.22 bits per heavy atom. The molecule has 1 aromatic heterocycles. The van der Waals surface area contributed by atoms with Crippen LogP contribution < -0.4 is 0 Å². The van der Waals surface area contributed by atoms with Crippen LogP contribution in [0.25, 0.3) is 10.9 Å². The summed E-state index contributed by atoms with van der Waals surface area (Å²) in [5.41, 5.74) is 0.831. The van der Waals surface area contributed by atoms with E-state index in [4.69, 9.17) is 0 Å². The van der Waals surface area contributed by atoms with E-state index in [1.807, 2.05) is 0 Å². The van der Waals surface area contributed by atoms with E-state index in [-0.39, 0.29) is 5.92 Å². The summed E-state index contributed by atoms with van der Waals surface area (Å²) in [4.78, 5) is 3.01. The first kappa shape index (κ1) is 16.3. The lowest BCUT2D eigenvalue weighted by atomic mass is 9.89. The van der Waals surface area contributed by atoms with Crippen molar-refractivity contribution in [1.29, 1.82) is 0 Å². The largest absolute Gasteiger partial charge is 0.416 e. The zero-order valence-corrected chi connectivity index (χ0v) is 13.3. The first-order chi connectivity index (χ1) is 10.7. The van der Waals surface area contributed by atoms with E-state index >= 15 is 0 Å². The number of sulfonamides is 1. The van der Waals surface area contributed by atoms with Crippen LogP contribution in [-0.4, -0.2) is 37.1 Å². The predicted octanol–water partition coefficient (Wildman–Crippen LogP) is 3.33. The lowest BCUT2D eigenvalue weighted by Gasteiger charge is -2.30. The third kappa shape index (κ3) is 3.23.